The van der Waals surface area contributed by atoms with Gasteiger partial charge in [-0.1, -0.05) is 33.1 Å². The Hall–Kier alpha value is -0.0800. The summed E-state index contributed by atoms with van der Waals surface area (Å²) in [5, 5.41) is 14.6. The summed E-state index contributed by atoms with van der Waals surface area (Å²) < 4.78 is 0. The summed E-state index contributed by atoms with van der Waals surface area (Å²) in [5.74, 6) is 1.10. The van der Waals surface area contributed by atoms with Gasteiger partial charge in [-0.3, -0.25) is 0 Å². The molecule has 2 heteroatoms. The fraction of sp³-hybridized carbons (Fsp3) is 1.00. The smallest absolute Gasteiger partial charge is 0.0830 e. The van der Waals surface area contributed by atoms with E-state index in [9.17, 15) is 5.11 Å². The third kappa shape index (κ3) is 2.28. The van der Waals surface area contributed by atoms with Crippen molar-refractivity contribution in [2.75, 3.05) is 6.54 Å². The molecule has 0 amide bonds. The summed E-state index contributed by atoms with van der Waals surface area (Å²) in [5.41, 5.74) is -0.424. The molecule has 1 saturated heterocycles. The zero-order valence-corrected chi connectivity index (χ0v) is 10.8. The summed E-state index contributed by atoms with van der Waals surface area (Å²) in [6.07, 6.45) is 8.46. The van der Waals surface area contributed by atoms with Crippen LogP contribution in [0.3, 0.4) is 0 Å². The Balaban J connectivity index is 2.11. The van der Waals surface area contributed by atoms with E-state index in [4.69, 9.17) is 0 Å². The fourth-order valence-electron chi connectivity index (χ4n) is 3.83. The van der Waals surface area contributed by atoms with Crippen LogP contribution in [0.5, 0.6) is 0 Å². The van der Waals surface area contributed by atoms with Crippen LogP contribution >= 0.6 is 0 Å². The lowest BCUT2D eigenvalue weighted by molar-refractivity contribution is -0.0978. The lowest BCUT2D eigenvalue weighted by atomic mass is 9.65. The molecule has 3 atom stereocenters. The van der Waals surface area contributed by atoms with E-state index in [1.54, 1.807) is 0 Å². The first-order valence-electron chi connectivity index (χ1n) is 7.10. The predicted octanol–water partition coefficient (Wildman–Crippen LogP) is 2.71. The lowest BCUT2D eigenvalue weighted by Gasteiger charge is -2.48. The standard InChI is InChI=1S/C14H27NO/c1-11(2)12-7-3-5-9-14(12,16)13-8-4-6-10-15-13/h11-13,15-16H,3-10H2,1-2H3. The van der Waals surface area contributed by atoms with Crippen LogP contribution < -0.4 is 5.32 Å². The van der Waals surface area contributed by atoms with Crippen molar-refractivity contribution >= 4 is 0 Å². The van der Waals surface area contributed by atoms with E-state index in [0.29, 0.717) is 17.9 Å². The minimum atomic E-state index is -0.424. The second-order valence-electron chi connectivity index (χ2n) is 6.09. The molecule has 0 aromatic rings. The highest BCUT2D eigenvalue weighted by Crippen LogP contribution is 2.42. The second-order valence-corrected chi connectivity index (χ2v) is 6.09. The summed E-state index contributed by atoms with van der Waals surface area (Å²) in [6.45, 7) is 5.63. The van der Waals surface area contributed by atoms with Crippen LogP contribution in [0.4, 0.5) is 0 Å². The molecule has 0 spiro atoms. The monoisotopic (exact) mass is 225 g/mol. The summed E-state index contributed by atoms with van der Waals surface area (Å²) in [7, 11) is 0. The van der Waals surface area contributed by atoms with Crippen molar-refractivity contribution in [3.63, 3.8) is 0 Å². The SMILES string of the molecule is CC(C)C1CCCCC1(O)C1CCCCN1. The molecule has 0 bridgehead atoms. The van der Waals surface area contributed by atoms with Crippen LogP contribution in [0, 0.1) is 11.8 Å². The third-order valence-electron chi connectivity index (χ3n) is 4.70. The van der Waals surface area contributed by atoms with E-state index >= 15 is 0 Å². The molecule has 1 saturated carbocycles. The number of rotatable bonds is 2. The first-order chi connectivity index (χ1) is 7.64. The number of hydrogen-bond acceptors (Lipinski definition) is 2. The molecule has 1 aliphatic heterocycles. The highest BCUT2D eigenvalue weighted by Gasteiger charge is 2.46. The van der Waals surface area contributed by atoms with Gasteiger partial charge >= 0.3 is 0 Å². The van der Waals surface area contributed by atoms with E-state index < -0.39 is 5.60 Å². The summed E-state index contributed by atoms with van der Waals surface area (Å²) in [4.78, 5) is 0. The lowest BCUT2D eigenvalue weighted by Crippen LogP contribution is -2.59. The van der Waals surface area contributed by atoms with Gasteiger partial charge in [0.15, 0.2) is 0 Å². The maximum atomic E-state index is 11.1. The first-order valence-corrected chi connectivity index (χ1v) is 7.10. The van der Waals surface area contributed by atoms with E-state index in [2.05, 4.69) is 19.2 Å². The molecule has 2 N–H and O–H groups in total. The van der Waals surface area contributed by atoms with Gasteiger partial charge in [-0.15, -0.1) is 0 Å². The van der Waals surface area contributed by atoms with E-state index in [1.165, 1.54) is 38.5 Å². The number of piperidine rings is 1. The van der Waals surface area contributed by atoms with Crippen molar-refractivity contribution in [3.8, 4) is 0 Å². The molecule has 2 nitrogen and oxygen atoms in total. The normalized spacial score (nSPS) is 41.2. The Bertz CT molecular complexity index is 223. The van der Waals surface area contributed by atoms with E-state index in [1.807, 2.05) is 0 Å². The van der Waals surface area contributed by atoms with Crippen molar-refractivity contribution < 1.29 is 5.11 Å². The largest absolute Gasteiger partial charge is 0.388 e. The van der Waals surface area contributed by atoms with Crippen LogP contribution in [0.15, 0.2) is 0 Å². The van der Waals surface area contributed by atoms with Gasteiger partial charge in [0.1, 0.15) is 0 Å². The van der Waals surface area contributed by atoms with Crippen LogP contribution in [0.1, 0.15) is 58.8 Å². The molecule has 2 aliphatic rings. The van der Waals surface area contributed by atoms with Gasteiger partial charge in [0, 0.05) is 6.04 Å². The van der Waals surface area contributed by atoms with Crippen molar-refractivity contribution in [1.82, 2.24) is 5.32 Å². The Kier molecular flexibility index (Phi) is 3.91. The average Bonchev–Trinajstić information content (AvgIpc) is 2.30. The van der Waals surface area contributed by atoms with E-state index in [-0.39, 0.29) is 0 Å². The number of aliphatic hydroxyl groups is 1. The van der Waals surface area contributed by atoms with Gasteiger partial charge < -0.3 is 10.4 Å². The van der Waals surface area contributed by atoms with Crippen LogP contribution in [-0.2, 0) is 0 Å². The van der Waals surface area contributed by atoms with Gasteiger partial charge in [0.05, 0.1) is 5.60 Å². The molecule has 2 fully saturated rings. The zero-order chi connectivity index (χ0) is 11.6. The van der Waals surface area contributed by atoms with Crippen LogP contribution in [-0.4, -0.2) is 23.3 Å². The van der Waals surface area contributed by atoms with Gasteiger partial charge in [-0.25, -0.2) is 0 Å². The van der Waals surface area contributed by atoms with Gasteiger partial charge in [-0.2, -0.15) is 0 Å². The molecule has 0 radical (unpaired) electrons. The Morgan fingerprint density at radius 1 is 1.12 bits per heavy atom. The molecule has 0 aromatic heterocycles. The predicted molar refractivity (Wildman–Crippen MR) is 67.4 cm³/mol. The molecule has 94 valence electrons. The summed E-state index contributed by atoms with van der Waals surface area (Å²) in [6, 6.07) is 0.356. The van der Waals surface area contributed by atoms with E-state index in [0.717, 1.165) is 13.0 Å². The minimum absolute atomic E-state index is 0.356. The minimum Gasteiger partial charge on any atom is -0.388 e. The Morgan fingerprint density at radius 3 is 2.50 bits per heavy atom. The van der Waals surface area contributed by atoms with Gasteiger partial charge in [0.25, 0.3) is 0 Å². The third-order valence-corrected chi connectivity index (χ3v) is 4.70. The van der Waals surface area contributed by atoms with Gasteiger partial charge in [-0.05, 0) is 44.1 Å². The second kappa shape index (κ2) is 5.05. The Labute approximate surface area is 99.8 Å². The first kappa shape index (κ1) is 12.4. The molecule has 1 aliphatic carbocycles. The maximum Gasteiger partial charge on any atom is 0.0830 e. The highest BCUT2D eigenvalue weighted by molar-refractivity contribution is 5.00. The molecule has 2 rings (SSSR count). The fourth-order valence-corrected chi connectivity index (χ4v) is 3.83. The van der Waals surface area contributed by atoms with Crippen LogP contribution in [0.25, 0.3) is 0 Å². The van der Waals surface area contributed by atoms with Crippen molar-refractivity contribution in [2.24, 2.45) is 11.8 Å². The quantitative estimate of drug-likeness (QED) is 0.757. The van der Waals surface area contributed by atoms with Crippen LogP contribution in [0.2, 0.25) is 0 Å². The number of hydrogen-bond donors (Lipinski definition) is 2. The molecular formula is C14H27NO. The van der Waals surface area contributed by atoms with Crippen molar-refractivity contribution in [1.29, 1.82) is 0 Å². The van der Waals surface area contributed by atoms with Gasteiger partial charge in [0.2, 0.25) is 0 Å². The number of nitrogens with one attached hydrogen (secondary N) is 1. The summed E-state index contributed by atoms with van der Waals surface area (Å²) >= 11 is 0. The van der Waals surface area contributed by atoms with Crippen molar-refractivity contribution in [2.45, 2.75) is 70.4 Å². The molecule has 0 aromatic carbocycles. The molecule has 1 heterocycles. The topological polar surface area (TPSA) is 32.3 Å². The zero-order valence-electron chi connectivity index (χ0n) is 10.8. The average molecular weight is 225 g/mol. The molecule has 3 unspecified atom stereocenters. The maximum absolute atomic E-state index is 11.1. The molecular weight excluding hydrogens is 198 g/mol. The Morgan fingerprint density at radius 2 is 1.88 bits per heavy atom. The van der Waals surface area contributed by atoms with Crippen molar-refractivity contribution in [3.05, 3.63) is 0 Å². The molecule has 16 heavy (non-hydrogen) atoms. The highest BCUT2D eigenvalue weighted by atomic mass is 16.3.